The number of benzene rings is 1. The van der Waals surface area contributed by atoms with Gasteiger partial charge in [0.05, 0.1) is 13.7 Å². The Kier molecular flexibility index (Phi) is 8.35. The van der Waals surface area contributed by atoms with Crippen LogP contribution in [0.1, 0.15) is 32.4 Å². The Hall–Kier alpha value is -1.10. The summed E-state index contributed by atoms with van der Waals surface area (Å²) in [5, 5.41) is 3.58. The average Bonchev–Trinajstić information content (AvgIpc) is 2.52. The molecule has 2 atom stereocenters. The third kappa shape index (κ3) is 5.65. The molecule has 4 heteroatoms. The van der Waals surface area contributed by atoms with Gasteiger partial charge in [-0.05, 0) is 45.1 Å². The summed E-state index contributed by atoms with van der Waals surface area (Å²) in [5.74, 6) is 0.895. The van der Waals surface area contributed by atoms with Gasteiger partial charge in [-0.1, -0.05) is 19.1 Å². The number of methoxy groups -OCH3 is 1. The van der Waals surface area contributed by atoms with Gasteiger partial charge in [0.2, 0.25) is 0 Å². The van der Waals surface area contributed by atoms with E-state index >= 15 is 0 Å². The van der Waals surface area contributed by atoms with Crippen LogP contribution in [0.5, 0.6) is 5.75 Å². The lowest BCUT2D eigenvalue weighted by Gasteiger charge is -2.33. The Morgan fingerprint density at radius 1 is 1.19 bits per heavy atom. The molecule has 1 aromatic rings. The lowest BCUT2D eigenvalue weighted by molar-refractivity contribution is 0.101. The fraction of sp³-hybridized carbons (Fsp3) is 0.647. The molecule has 0 saturated heterocycles. The van der Waals surface area contributed by atoms with Crippen LogP contribution in [-0.2, 0) is 4.74 Å². The zero-order valence-electron chi connectivity index (χ0n) is 14.1. The van der Waals surface area contributed by atoms with E-state index in [4.69, 9.17) is 9.47 Å². The molecule has 2 unspecified atom stereocenters. The second-order valence-corrected chi connectivity index (χ2v) is 5.23. The maximum absolute atomic E-state index is 5.45. The number of nitrogens with zero attached hydrogens (tertiary/aromatic N) is 1. The van der Waals surface area contributed by atoms with E-state index in [1.807, 2.05) is 19.1 Å². The van der Waals surface area contributed by atoms with Gasteiger partial charge in [-0.25, -0.2) is 0 Å². The number of hydrogen-bond acceptors (Lipinski definition) is 4. The fourth-order valence-electron chi connectivity index (χ4n) is 2.41. The van der Waals surface area contributed by atoms with Crippen molar-refractivity contribution < 1.29 is 9.47 Å². The Labute approximate surface area is 129 Å². The molecule has 1 aromatic carbocycles. The first-order chi connectivity index (χ1) is 10.1. The van der Waals surface area contributed by atoms with Crippen LogP contribution < -0.4 is 10.1 Å². The fourth-order valence-corrected chi connectivity index (χ4v) is 2.41. The molecule has 0 aromatic heterocycles. The van der Waals surface area contributed by atoms with Gasteiger partial charge < -0.3 is 14.8 Å². The lowest BCUT2D eigenvalue weighted by atomic mass is 9.99. The summed E-state index contributed by atoms with van der Waals surface area (Å²) in [7, 11) is 3.85. The van der Waals surface area contributed by atoms with E-state index in [0.717, 1.165) is 32.1 Å². The van der Waals surface area contributed by atoms with Crippen LogP contribution in [0.15, 0.2) is 24.3 Å². The largest absolute Gasteiger partial charge is 0.497 e. The average molecular weight is 294 g/mol. The highest BCUT2D eigenvalue weighted by atomic mass is 16.5. The van der Waals surface area contributed by atoms with Crippen LogP contribution in [0.2, 0.25) is 0 Å². The molecule has 21 heavy (non-hydrogen) atoms. The second-order valence-electron chi connectivity index (χ2n) is 5.23. The first kappa shape index (κ1) is 18.0. The Morgan fingerprint density at radius 2 is 1.86 bits per heavy atom. The van der Waals surface area contributed by atoms with Gasteiger partial charge in [0.1, 0.15) is 5.75 Å². The van der Waals surface area contributed by atoms with Crippen molar-refractivity contribution in [3.05, 3.63) is 29.8 Å². The van der Waals surface area contributed by atoms with Gasteiger partial charge in [-0.15, -0.1) is 0 Å². The molecule has 0 amide bonds. The minimum atomic E-state index is 0.299. The molecule has 0 aliphatic rings. The van der Waals surface area contributed by atoms with Crippen LogP contribution in [0.3, 0.4) is 0 Å². The van der Waals surface area contributed by atoms with Gasteiger partial charge >= 0.3 is 0 Å². The molecule has 0 bridgehead atoms. The van der Waals surface area contributed by atoms with Crippen LogP contribution in [0.25, 0.3) is 0 Å². The van der Waals surface area contributed by atoms with Crippen LogP contribution in [0.4, 0.5) is 0 Å². The maximum atomic E-state index is 5.45. The van der Waals surface area contributed by atoms with Crippen molar-refractivity contribution >= 4 is 0 Å². The zero-order chi connectivity index (χ0) is 15.7. The van der Waals surface area contributed by atoms with E-state index in [2.05, 4.69) is 43.2 Å². The Balaban J connectivity index is 2.73. The topological polar surface area (TPSA) is 33.7 Å². The third-order valence-electron chi connectivity index (χ3n) is 3.87. The van der Waals surface area contributed by atoms with Gasteiger partial charge in [-0.2, -0.15) is 0 Å². The SMILES string of the molecule is CCNC(c1ccc(OC)cc1)C(C)N(C)CCOCC. The van der Waals surface area contributed by atoms with Crippen molar-refractivity contribution in [2.75, 3.05) is 40.5 Å². The van der Waals surface area contributed by atoms with Crippen molar-refractivity contribution in [3.8, 4) is 5.75 Å². The normalized spacial score (nSPS) is 14.2. The standard InChI is InChI=1S/C17H30N2O2/c1-6-18-17(14(3)19(4)12-13-21-7-2)15-8-10-16(20-5)11-9-15/h8-11,14,17-18H,6-7,12-13H2,1-5H3. The molecule has 0 radical (unpaired) electrons. The van der Waals surface area contributed by atoms with E-state index in [1.54, 1.807) is 7.11 Å². The molecule has 0 fully saturated rings. The number of likely N-dealkylation sites (N-methyl/N-ethyl adjacent to an activating group) is 2. The first-order valence-electron chi connectivity index (χ1n) is 7.79. The summed E-state index contributed by atoms with van der Waals surface area (Å²) in [6, 6.07) is 9.00. The number of hydrogen-bond donors (Lipinski definition) is 1. The summed E-state index contributed by atoms with van der Waals surface area (Å²) in [4.78, 5) is 2.34. The molecule has 0 saturated carbocycles. The molecule has 0 heterocycles. The van der Waals surface area contributed by atoms with Gasteiger partial charge in [-0.3, -0.25) is 4.90 Å². The maximum Gasteiger partial charge on any atom is 0.118 e. The molecular formula is C17H30N2O2. The minimum absolute atomic E-state index is 0.299. The number of nitrogens with one attached hydrogen (secondary N) is 1. The van der Waals surface area contributed by atoms with E-state index in [1.165, 1.54) is 5.56 Å². The van der Waals surface area contributed by atoms with Crippen molar-refractivity contribution in [2.45, 2.75) is 32.9 Å². The van der Waals surface area contributed by atoms with Crippen LogP contribution in [0, 0.1) is 0 Å². The van der Waals surface area contributed by atoms with Gasteiger partial charge in [0.15, 0.2) is 0 Å². The summed E-state index contributed by atoms with van der Waals surface area (Å²) in [5.41, 5.74) is 1.29. The van der Waals surface area contributed by atoms with E-state index in [0.29, 0.717) is 12.1 Å². The Bertz CT molecular complexity index is 381. The summed E-state index contributed by atoms with van der Waals surface area (Å²) >= 11 is 0. The van der Waals surface area contributed by atoms with Crippen molar-refractivity contribution in [1.82, 2.24) is 10.2 Å². The highest BCUT2D eigenvalue weighted by Crippen LogP contribution is 2.22. The third-order valence-corrected chi connectivity index (χ3v) is 3.87. The molecule has 0 aliphatic carbocycles. The van der Waals surface area contributed by atoms with Gasteiger partial charge in [0, 0.05) is 25.2 Å². The highest BCUT2D eigenvalue weighted by molar-refractivity contribution is 5.29. The van der Waals surface area contributed by atoms with E-state index < -0.39 is 0 Å². The molecule has 1 rings (SSSR count). The molecule has 1 N–H and O–H groups in total. The predicted molar refractivity (Wildman–Crippen MR) is 88.0 cm³/mol. The Morgan fingerprint density at radius 3 is 2.38 bits per heavy atom. The second kappa shape index (κ2) is 9.77. The van der Waals surface area contributed by atoms with Crippen LogP contribution in [-0.4, -0.2) is 51.4 Å². The predicted octanol–water partition coefficient (Wildman–Crippen LogP) is 2.70. The summed E-state index contributed by atoms with van der Waals surface area (Å²) in [6.07, 6.45) is 0. The van der Waals surface area contributed by atoms with E-state index in [-0.39, 0.29) is 0 Å². The minimum Gasteiger partial charge on any atom is -0.497 e. The molecule has 4 nitrogen and oxygen atoms in total. The highest BCUT2D eigenvalue weighted by Gasteiger charge is 2.21. The van der Waals surface area contributed by atoms with E-state index in [9.17, 15) is 0 Å². The zero-order valence-corrected chi connectivity index (χ0v) is 14.1. The van der Waals surface area contributed by atoms with Crippen molar-refractivity contribution in [1.29, 1.82) is 0 Å². The number of rotatable bonds is 10. The van der Waals surface area contributed by atoms with Crippen molar-refractivity contribution in [3.63, 3.8) is 0 Å². The molecular weight excluding hydrogens is 264 g/mol. The monoisotopic (exact) mass is 294 g/mol. The van der Waals surface area contributed by atoms with Gasteiger partial charge in [0.25, 0.3) is 0 Å². The smallest absolute Gasteiger partial charge is 0.118 e. The first-order valence-corrected chi connectivity index (χ1v) is 7.79. The summed E-state index contributed by atoms with van der Waals surface area (Å²) in [6.45, 7) is 9.86. The molecule has 0 spiro atoms. The summed E-state index contributed by atoms with van der Waals surface area (Å²) < 4.78 is 10.7. The van der Waals surface area contributed by atoms with Crippen molar-refractivity contribution in [2.24, 2.45) is 0 Å². The lowest BCUT2D eigenvalue weighted by Crippen LogP contribution is -2.42. The molecule has 120 valence electrons. The molecule has 0 aliphatic heterocycles. The quantitative estimate of drug-likeness (QED) is 0.673. The number of ether oxygens (including phenoxy) is 2. The van der Waals surface area contributed by atoms with Crippen LogP contribution >= 0.6 is 0 Å².